The first-order valence-electron chi connectivity index (χ1n) is 6.30. The Hall–Kier alpha value is -1.22. The maximum atomic E-state index is 5.72. The van der Waals surface area contributed by atoms with E-state index in [2.05, 4.69) is 18.7 Å². The molecule has 0 saturated carbocycles. The Morgan fingerprint density at radius 3 is 2.29 bits per heavy atom. The molecule has 0 aliphatic rings. The van der Waals surface area contributed by atoms with Crippen LogP contribution in [0.4, 0.5) is 0 Å². The number of ether oxygens (including phenoxy) is 2. The van der Waals surface area contributed by atoms with Crippen LogP contribution in [0.3, 0.4) is 0 Å². The van der Waals surface area contributed by atoms with Crippen LogP contribution in [-0.2, 0) is 0 Å². The van der Waals surface area contributed by atoms with Crippen molar-refractivity contribution in [1.29, 1.82) is 0 Å². The van der Waals surface area contributed by atoms with E-state index in [0.717, 1.165) is 44.2 Å². The van der Waals surface area contributed by atoms with E-state index in [4.69, 9.17) is 9.47 Å². The topological polar surface area (TPSA) is 21.7 Å². The summed E-state index contributed by atoms with van der Waals surface area (Å²) in [6, 6.07) is 7.76. The summed E-state index contributed by atoms with van der Waals surface area (Å²) >= 11 is 0. The normalized spacial score (nSPS) is 10.6. The van der Waals surface area contributed by atoms with Gasteiger partial charge in [0.05, 0.1) is 13.7 Å². The van der Waals surface area contributed by atoms with Crippen LogP contribution in [0.1, 0.15) is 20.3 Å². The minimum Gasteiger partial charge on any atom is -0.493 e. The van der Waals surface area contributed by atoms with E-state index in [1.54, 1.807) is 7.11 Å². The molecule has 0 amide bonds. The SMILES string of the molecule is CCN(CC)CCCOc1ccccc1OC. The second kappa shape index (κ2) is 7.96. The molecule has 17 heavy (non-hydrogen) atoms. The largest absolute Gasteiger partial charge is 0.493 e. The van der Waals surface area contributed by atoms with Crippen molar-refractivity contribution in [3.8, 4) is 11.5 Å². The maximum absolute atomic E-state index is 5.72. The molecule has 0 N–H and O–H groups in total. The molecule has 3 heteroatoms. The standard InChI is InChI=1S/C14H23NO2/c1-4-15(5-2)11-8-12-17-14-10-7-6-9-13(14)16-3/h6-7,9-10H,4-5,8,11-12H2,1-3H3. The third-order valence-electron chi connectivity index (χ3n) is 2.84. The van der Waals surface area contributed by atoms with E-state index in [1.807, 2.05) is 24.3 Å². The zero-order valence-corrected chi connectivity index (χ0v) is 11.1. The van der Waals surface area contributed by atoms with Crippen LogP contribution in [0.5, 0.6) is 11.5 Å². The molecule has 0 atom stereocenters. The lowest BCUT2D eigenvalue weighted by Gasteiger charge is -2.18. The van der Waals surface area contributed by atoms with Crippen LogP contribution in [-0.4, -0.2) is 38.3 Å². The molecule has 0 unspecified atom stereocenters. The molecule has 0 fully saturated rings. The lowest BCUT2D eigenvalue weighted by molar-refractivity contribution is 0.242. The van der Waals surface area contributed by atoms with Gasteiger partial charge in [-0.25, -0.2) is 0 Å². The van der Waals surface area contributed by atoms with E-state index in [9.17, 15) is 0 Å². The first kappa shape index (κ1) is 13.8. The van der Waals surface area contributed by atoms with Gasteiger partial charge in [-0.15, -0.1) is 0 Å². The Morgan fingerprint density at radius 1 is 1.06 bits per heavy atom. The molecule has 0 spiro atoms. The highest BCUT2D eigenvalue weighted by atomic mass is 16.5. The Bertz CT molecular complexity index is 311. The average Bonchev–Trinajstić information content (AvgIpc) is 2.39. The summed E-state index contributed by atoms with van der Waals surface area (Å²) in [5.74, 6) is 1.63. The fourth-order valence-electron chi connectivity index (χ4n) is 1.75. The fraction of sp³-hybridized carbons (Fsp3) is 0.571. The first-order valence-corrected chi connectivity index (χ1v) is 6.30. The summed E-state index contributed by atoms with van der Waals surface area (Å²) in [5, 5.41) is 0. The van der Waals surface area contributed by atoms with Crippen molar-refractivity contribution in [1.82, 2.24) is 4.90 Å². The highest BCUT2D eigenvalue weighted by Crippen LogP contribution is 2.25. The van der Waals surface area contributed by atoms with Crippen molar-refractivity contribution in [3.63, 3.8) is 0 Å². The van der Waals surface area contributed by atoms with Crippen molar-refractivity contribution in [2.75, 3.05) is 33.4 Å². The van der Waals surface area contributed by atoms with Gasteiger partial charge in [-0.05, 0) is 31.6 Å². The summed E-state index contributed by atoms with van der Waals surface area (Å²) < 4.78 is 10.9. The van der Waals surface area contributed by atoms with E-state index in [1.165, 1.54) is 0 Å². The Labute approximate surface area is 104 Å². The van der Waals surface area contributed by atoms with Crippen molar-refractivity contribution >= 4 is 0 Å². The van der Waals surface area contributed by atoms with Crippen LogP contribution in [0.25, 0.3) is 0 Å². The predicted molar refractivity (Wildman–Crippen MR) is 70.9 cm³/mol. The summed E-state index contributed by atoms with van der Waals surface area (Å²) in [6.45, 7) is 8.39. The zero-order valence-electron chi connectivity index (χ0n) is 11.1. The number of methoxy groups -OCH3 is 1. The molecule has 0 saturated heterocycles. The Morgan fingerprint density at radius 2 is 1.71 bits per heavy atom. The van der Waals surface area contributed by atoms with Crippen LogP contribution >= 0.6 is 0 Å². The van der Waals surface area contributed by atoms with Gasteiger partial charge in [0.15, 0.2) is 11.5 Å². The highest BCUT2D eigenvalue weighted by Gasteiger charge is 2.03. The molecule has 1 rings (SSSR count). The van der Waals surface area contributed by atoms with Gasteiger partial charge in [0.2, 0.25) is 0 Å². The van der Waals surface area contributed by atoms with Crippen LogP contribution in [0.15, 0.2) is 24.3 Å². The second-order valence-corrected chi connectivity index (χ2v) is 3.88. The summed E-state index contributed by atoms with van der Waals surface area (Å²) in [5.41, 5.74) is 0. The maximum Gasteiger partial charge on any atom is 0.161 e. The predicted octanol–water partition coefficient (Wildman–Crippen LogP) is 2.81. The minimum atomic E-state index is 0.733. The van der Waals surface area contributed by atoms with Gasteiger partial charge in [-0.2, -0.15) is 0 Å². The van der Waals surface area contributed by atoms with Crippen LogP contribution in [0.2, 0.25) is 0 Å². The number of hydrogen-bond donors (Lipinski definition) is 0. The Balaban J connectivity index is 2.30. The van der Waals surface area contributed by atoms with Gasteiger partial charge in [-0.3, -0.25) is 0 Å². The molecular weight excluding hydrogens is 214 g/mol. The number of nitrogens with zero attached hydrogens (tertiary/aromatic N) is 1. The van der Waals surface area contributed by atoms with Gasteiger partial charge < -0.3 is 14.4 Å². The van der Waals surface area contributed by atoms with Crippen molar-refractivity contribution in [2.45, 2.75) is 20.3 Å². The zero-order chi connectivity index (χ0) is 12.5. The van der Waals surface area contributed by atoms with E-state index in [0.29, 0.717) is 0 Å². The molecule has 0 radical (unpaired) electrons. The molecule has 1 aromatic rings. The van der Waals surface area contributed by atoms with Gasteiger partial charge in [0, 0.05) is 6.54 Å². The Kier molecular flexibility index (Phi) is 6.48. The summed E-state index contributed by atoms with van der Waals surface area (Å²) in [6.07, 6.45) is 1.04. The van der Waals surface area contributed by atoms with Gasteiger partial charge in [0.1, 0.15) is 0 Å². The number of hydrogen-bond acceptors (Lipinski definition) is 3. The molecule has 0 aliphatic heterocycles. The molecule has 0 aliphatic carbocycles. The lowest BCUT2D eigenvalue weighted by Crippen LogP contribution is -2.25. The molecule has 0 heterocycles. The highest BCUT2D eigenvalue weighted by molar-refractivity contribution is 5.39. The molecular formula is C14H23NO2. The van der Waals surface area contributed by atoms with E-state index in [-0.39, 0.29) is 0 Å². The smallest absolute Gasteiger partial charge is 0.161 e. The monoisotopic (exact) mass is 237 g/mol. The number of para-hydroxylation sites is 2. The van der Waals surface area contributed by atoms with Crippen LogP contribution in [0, 0.1) is 0 Å². The van der Waals surface area contributed by atoms with Crippen molar-refractivity contribution in [3.05, 3.63) is 24.3 Å². The fourth-order valence-corrected chi connectivity index (χ4v) is 1.75. The van der Waals surface area contributed by atoms with Gasteiger partial charge in [-0.1, -0.05) is 26.0 Å². The molecule has 96 valence electrons. The quantitative estimate of drug-likeness (QED) is 0.649. The summed E-state index contributed by atoms with van der Waals surface area (Å²) in [7, 11) is 1.66. The third-order valence-corrected chi connectivity index (χ3v) is 2.84. The van der Waals surface area contributed by atoms with Crippen LogP contribution < -0.4 is 9.47 Å². The third kappa shape index (κ3) is 4.65. The average molecular weight is 237 g/mol. The van der Waals surface area contributed by atoms with E-state index >= 15 is 0 Å². The number of benzene rings is 1. The second-order valence-electron chi connectivity index (χ2n) is 3.88. The van der Waals surface area contributed by atoms with E-state index < -0.39 is 0 Å². The van der Waals surface area contributed by atoms with Gasteiger partial charge in [0.25, 0.3) is 0 Å². The molecule has 3 nitrogen and oxygen atoms in total. The molecule has 1 aromatic carbocycles. The van der Waals surface area contributed by atoms with Gasteiger partial charge >= 0.3 is 0 Å². The first-order chi connectivity index (χ1) is 8.31. The summed E-state index contributed by atoms with van der Waals surface area (Å²) in [4.78, 5) is 2.39. The minimum absolute atomic E-state index is 0.733. The van der Waals surface area contributed by atoms with Crippen molar-refractivity contribution in [2.24, 2.45) is 0 Å². The molecule has 0 bridgehead atoms. The lowest BCUT2D eigenvalue weighted by atomic mass is 10.3. The van der Waals surface area contributed by atoms with Crippen molar-refractivity contribution < 1.29 is 9.47 Å². The number of rotatable bonds is 8. The molecule has 0 aromatic heterocycles.